The van der Waals surface area contributed by atoms with Crippen molar-refractivity contribution in [2.75, 3.05) is 13.2 Å². The normalized spacial score (nSPS) is 22.6. The number of benzene rings is 1. The molecule has 1 aliphatic heterocycles. The van der Waals surface area contributed by atoms with E-state index in [4.69, 9.17) is 4.74 Å². The van der Waals surface area contributed by atoms with Gasteiger partial charge in [-0.15, -0.1) is 0 Å². The second kappa shape index (κ2) is 5.64. The molecule has 0 aromatic heterocycles. The highest BCUT2D eigenvalue weighted by atomic mass is 16.5. The molecule has 0 spiro atoms. The first-order valence-corrected chi connectivity index (χ1v) is 5.92. The van der Waals surface area contributed by atoms with Crippen molar-refractivity contribution < 1.29 is 9.53 Å². The minimum Gasteiger partial charge on any atom is -0.463 e. The predicted molar refractivity (Wildman–Crippen MR) is 66.4 cm³/mol. The Morgan fingerprint density at radius 2 is 2.24 bits per heavy atom. The van der Waals surface area contributed by atoms with Crippen LogP contribution in [-0.4, -0.2) is 30.1 Å². The van der Waals surface area contributed by atoms with Crippen molar-refractivity contribution in [3.8, 4) is 0 Å². The Hall–Kier alpha value is -1.61. The van der Waals surface area contributed by atoms with Gasteiger partial charge in [0.1, 0.15) is 0 Å². The Balaban J connectivity index is 1.76. The SMILES string of the molecule is CCOC(=O)/C=C/C1CN1Cc1ccccc1. The Bertz CT molecular complexity index is 400. The Kier molecular flexibility index (Phi) is 3.94. The molecule has 0 saturated carbocycles. The number of hydrogen-bond acceptors (Lipinski definition) is 3. The number of carbonyl (C=O) groups excluding carboxylic acids is 1. The lowest BCUT2D eigenvalue weighted by Crippen LogP contribution is -2.02. The van der Waals surface area contributed by atoms with Crippen LogP contribution in [0.25, 0.3) is 0 Å². The van der Waals surface area contributed by atoms with E-state index in [-0.39, 0.29) is 5.97 Å². The second-order valence-corrected chi connectivity index (χ2v) is 4.09. The molecule has 0 aliphatic carbocycles. The summed E-state index contributed by atoms with van der Waals surface area (Å²) in [6.45, 7) is 4.20. The molecule has 90 valence electrons. The molecular formula is C14H17NO2. The number of carbonyl (C=O) groups is 1. The Labute approximate surface area is 102 Å². The molecule has 17 heavy (non-hydrogen) atoms. The van der Waals surface area contributed by atoms with Gasteiger partial charge < -0.3 is 4.74 Å². The fraction of sp³-hybridized carbons (Fsp3) is 0.357. The first-order chi connectivity index (χ1) is 8.29. The molecule has 2 rings (SSSR count). The molecule has 3 nitrogen and oxygen atoms in total. The fourth-order valence-corrected chi connectivity index (χ4v) is 1.76. The van der Waals surface area contributed by atoms with Crippen LogP contribution in [-0.2, 0) is 16.1 Å². The Morgan fingerprint density at radius 3 is 2.94 bits per heavy atom. The minimum absolute atomic E-state index is 0.251. The summed E-state index contributed by atoms with van der Waals surface area (Å²) in [4.78, 5) is 13.4. The van der Waals surface area contributed by atoms with Crippen LogP contribution in [0.15, 0.2) is 42.5 Å². The molecular weight excluding hydrogens is 214 g/mol. The average molecular weight is 231 g/mol. The number of ether oxygens (including phenoxy) is 1. The molecule has 1 aromatic rings. The number of hydrogen-bond donors (Lipinski definition) is 0. The van der Waals surface area contributed by atoms with Gasteiger partial charge in [-0.25, -0.2) is 4.79 Å². The highest BCUT2D eigenvalue weighted by molar-refractivity contribution is 5.82. The number of rotatable bonds is 5. The molecule has 0 radical (unpaired) electrons. The molecule has 2 atom stereocenters. The summed E-state index contributed by atoms with van der Waals surface area (Å²) in [6, 6.07) is 10.7. The zero-order valence-corrected chi connectivity index (χ0v) is 10.0. The topological polar surface area (TPSA) is 29.3 Å². The van der Waals surface area contributed by atoms with Gasteiger partial charge in [0.2, 0.25) is 0 Å². The summed E-state index contributed by atoms with van der Waals surface area (Å²) in [5.41, 5.74) is 1.31. The van der Waals surface area contributed by atoms with Crippen LogP contribution < -0.4 is 0 Å². The van der Waals surface area contributed by atoms with Gasteiger partial charge in [0.15, 0.2) is 0 Å². The van der Waals surface area contributed by atoms with Gasteiger partial charge in [0.05, 0.1) is 6.61 Å². The molecule has 0 N–H and O–H groups in total. The largest absolute Gasteiger partial charge is 0.463 e. The van der Waals surface area contributed by atoms with E-state index in [9.17, 15) is 4.79 Å². The van der Waals surface area contributed by atoms with Gasteiger partial charge in [0.25, 0.3) is 0 Å². The first kappa shape index (κ1) is 11.9. The summed E-state index contributed by atoms with van der Waals surface area (Å²) in [5.74, 6) is -0.251. The molecule has 1 aliphatic rings. The molecule has 1 fully saturated rings. The summed E-state index contributed by atoms with van der Waals surface area (Å²) in [7, 11) is 0. The van der Waals surface area contributed by atoms with Gasteiger partial charge in [-0.2, -0.15) is 0 Å². The molecule has 1 saturated heterocycles. The smallest absolute Gasteiger partial charge is 0.330 e. The maximum Gasteiger partial charge on any atom is 0.330 e. The van der Waals surface area contributed by atoms with Crippen LogP contribution in [0, 0.1) is 0 Å². The highest BCUT2D eigenvalue weighted by Gasteiger charge is 2.31. The summed E-state index contributed by atoms with van der Waals surface area (Å²) >= 11 is 0. The van der Waals surface area contributed by atoms with Crippen LogP contribution in [0.5, 0.6) is 0 Å². The molecule has 3 heteroatoms. The van der Waals surface area contributed by atoms with Gasteiger partial charge >= 0.3 is 5.97 Å². The van der Waals surface area contributed by atoms with Crippen LogP contribution in [0.2, 0.25) is 0 Å². The second-order valence-electron chi connectivity index (χ2n) is 4.09. The lowest BCUT2D eigenvalue weighted by atomic mass is 10.2. The van der Waals surface area contributed by atoms with E-state index in [1.807, 2.05) is 31.2 Å². The molecule has 2 unspecified atom stereocenters. The van der Waals surface area contributed by atoms with Gasteiger partial charge in [-0.05, 0) is 12.5 Å². The average Bonchev–Trinajstić information content (AvgIpc) is 3.07. The third-order valence-corrected chi connectivity index (χ3v) is 2.73. The monoisotopic (exact) mass is 231 g/mol. The fourth-order valence-electron chi connectivity index (χ4n) is 1.76. The molecule has 1 aromatic carbocycles. The van der Waals surface area contributed by atoms with E-state index in [0.29, 0.717) is 12.6 Å². The number of esters is 1. The Morgan fingerprint density at radius 1 is 1.47 bits per heavy atom. The lowest BCUT2D eigenvalue weighted by Gasteiger charge is -2.01. The van der Waals surface area contributed by atoms with Crippen LogP contribution in [0.1, 0.15) is 12.5 Å². The van der Waals surface area contributed by atoms with E-state index >= 15 is 0 Å². The third-order valence-electron chi connectivity index (χ3n) is 2.73. The molecule has 0 amide bonds. The van der Waals surface area contributed by atoms with Crippen molar-refractivity contribution in [2.45, 2.75) is 19.5 Å². The molecule has 0 bridgehead atoms. The van der Waals surface area contributed by atoms with Crippen molar-refractivity contribution in [1.82, 2.24) is 4.90 Å². The predicted octanol–water partition coefficient (Wildman–Crippen LogP) is 1.99. The molecule has 1 heterocycles. The quantitative estimate of drug-likeness (QED) is 0.441. The lowest BCUT2D eigenvalue weighted by molar-refractivity contribution is -0.137. The van der Waals surface area contributed by atoms with Crippen molar-refractivity contribution in [3.05, 3.63) is 48.0 Å². The van der Waals surface area contributed by atoms with Crippen LogP contribution in [0.4, 0.5) is 0 Å². The van der Waals surface area contributed by atoms with E-state index in [0.717, 1.165) is 13.1 Å². The zero-order chi connectivity index (χ0) is 12.1. The van der Waals surface area contributed by atoms with Crippen LogP contribution >= 0.6 is 0 Å². The maximum atomic E-state index is 11.1. The van der Waals surface area contributed by atoms with E-state index in [1.54, 1.807) is 0 Å². The highest BCUT2D eigenvalue weighted by Crippen LogP contribution is 2.21. The summed E-state index contributed by atoms with van der Waals surface area (Å²) in [5, 5.41) is 0. The third kappa shape index (κ3) is 3.71. The maximum absolute atomic E-state index is 11.1. The summed E-state index contributed by atoms with van der Waals surface area (Å²) in [6.07, 6.45) is 3.44. The number of nitrogens with zero attached hydrogens (tertiary/aromatic N) is 1. The summed E-state index contributed by atoms with van der Waals surface area (Å²) < 4.78 is 4.83. The van der Waals surface area contributed by atoms with Crippen molar-refractivity contribution in [1.29, 1.82) is 0 Å². The van der Waals surface area contributed by atoms with Gasteiger partial charge in [0, 0.05) is 25.2 Å². The standard InChI is InChI=1S/C14H17NO2/c1-2-17-14(16)9-8-13-11-15(13)10-12-6-4-3-5-7-12/h3-9,13H,2,10-11H2,1H3/b9-8+. The van der Waals surface area contributed by atoms with Gasteiger partial charge in [-0.1, -0.05) is 36.4 Å². The minimum atomic E-state index is -0.251. The van der Waals surface area contributed by atoms with Crippen molar-refractivity contribution >= 4 is 5.97 Å². The van der Waals surface area contributed by atoms with Crippen molar-refractivity contribution in [2.24, 2.45) is 0 Å². The van der Waals surface area contributed by atoms with Crippen molar-refractivity contribution in [3.63, 3.8) is 0 Å². The zero-order valence-electron chi connectivity index (χ0n) is 10.0. The van der Waals surface area contributed by atoms with E-state index in [1.165, 1.54) is 11.6 Å². The van der Waals surface area contributed by atoms with Gasteiger partial charge in [-0.3, -0.25) is 4.90 Å². The van der Waals surface area contributed by atoms with E-state index in [2.05, 4.69) is 17.0 Å². The van der Waals surface area contributed by atoms with E-state index < -0.39 is 0 Å². The van der Waals surface area contributed by atoms with Crippen LogP contribution in [0.3, 0.4) is 0 Å². The first-order valence-electron chi connectivity index (χ1n) is 5.92.